The largest absolute Gasteiger partial charge is 0.343 e. The smallest absolute Gasteiger partial charge is 0.245 e. The van der Waals surface area contributed by atoms with Crippen molar-refractivity contribution in [3.63, 3.8) is 0 Å². The Morgan fingerprint density at radius 1 is 1.21 bits per heavy atom. The van der Waals surface area contributed by atoms with Crippen LogP contribution in [0.2, 0.25) is 0 Å². The van der Waals surface area contributed by atoms with Crippen LogP contribution in [0.5, 0.6) is 0 Å². The van der Waals surface area contributed by atoms with Gasteiger partial charge in [0, 0.05) is 13.0 Å². The number of nitrogens with zero attached hydrogens (tertiary/aromatic N) is 1. The lowest BCUT2D eigenvalue weighted by Crippen LogP contribution is -2.63. The van der Waals surface area contributed by atoms with E-state index in [0.29, 0.717) is 13.0 Å². The molecule has 2 rings (SSSR count). The van der Waals surface area contributed by atoms with Crippen molar-refractivity contribution in [2.24, 2.45) is 0 Å². The highest BCUT2D eigenvalue weighted by Crippen LogP contribution is 2.15. The number of rotatable bonds is 4. The van der Waals surface area contributed by atoms with Crippen molar-refractivity contribution in [1.29, 1.82) is 0 Å². The summed E-state index contributed by atoms with van der Waals surface area (Å²) in [6, 6.07) is 9.02. The number of amides is 2. The zero-order valence-corrected chi connectivity index (χ0v) is 11.4. The van der Waals surface area contributed by atoms with E-state index in [1.165, 1.54) is 0 Å². The SMILES string of the molecule is CCCN1C(=O)C(C)NC(=O)C1Cc1ccccc1. The van der Waals surface area contributed by atoms with E-state index in [2.05, 4.69) is 5.32 Å². The molecule has 1 fully saturated rings. The van der Waals surface area contributed by atoms with Crippen LogP contribution in [0, 0.1) is 0 Å². The number of carbonyl (C=O) groups is 2. The van der Waals surface area contributed by atoms with E-state index < -0.39 is 6.04 Å². The lowest BCUT2D eigenvalue weighted by atomic mass is 10.00. The Labute approximate surface area is 113 Å². The molecule has 0 aromatic heterocycles. The van der Waals surface area contributed by atoms with Crippen LogP contribution < -0.4 is 5.32 Å². The maximum absolute atomic E-state index is 12.2. The number of hydrogen-bond donors (Lipinski definition) is 1. The standard InChI is InChI=1S/C15H20N2O2/c1-3-9-17-13(10-12-7-5-4-6-8-12)14(18)16-11(2)15(17)19/h4-8,11,13H,3,9-10H2,1-2H3,(H,16,18). The molecular weight excluding hydrogens is 240 g/mol. The van der Waals surface area contributed by atoms with Crippen molar-refractivity contribution in [2.75, 3.05) is 6.54 Å². The highest BCUT2D eigenvalue weighted by Gasteiger charge is 2.37. The van der Waals surface area contributed by atoms with Crippen molar-refractivity contribution in [3.05, 3.63) is 35.9 Å². The molecule has 0 aliphatic carbocycles. The van der Waals surface area contributed by atoms with Gasteiger partial charge in [0.15, 0.2) is 0 Å². The fraction of sp³-hybridized carbons (Fsp3) is 0.467. The molecule has 2 atom stereocenters. The van der Waals surface area contributed by atoms with Crippen molar-refractivity contribution < 1.29 is 9.59 Å². The third-order valence-corrected chi connectivity index (χ3v) is 3.43. The van der Waals surface area contributed by atoms with Crippen LogP contribution in [0.25, 0.3) is 0 Å². The average molecular weight is 260 g/mol. The van der Waals surface area contributed by atoms with Crippen molar-refractivity contribution >= 4 is 11.8 Å². The highest BCUT2D eigenvalue weighted by molar-refractivity contribution is 5.96. The molecule has 102 valence electrons. The fourth-order valence-electron chi connectivity index (χ4n) is 2.46. The average Bonchev–Trinajstić information content (AvgIpc) is 2.41. The molecule has 2 amide bonds. The second-order valence-corrected chi connectivity index (χ2v) is 4.97. The second-order valence-electron chi connectivity index (χ2n) is 4.97. The number of hydrogen-bond acceptors (Lipinski definition) is 2. The van der Waals surface area contributed by atoms with E-state index in [0.717, 1.165) is 12.0 Å². The van der Waals surface area contributed by atoms with Gasteiger partial charge in [0.05, 0.1) is 0 Å². The summed E-state index contributed by atoms with van der Waals surface area (Å²) in [7, 11) is 0. The molecule has 0 spiro atoms. The number of nitrogens with one attached hydrogen (secondary N) is 1. The molecule has 1 aliphatic heterocycles. The van der Waals surface area contributed by atoms with E-state index in [9.17, 15) is 9.59 Å². The van der Waals surface area contributed by atoms with Gasteiger partial charge in [0.2, 0.25) is 11.8 Å². The van der Waals surface area contributed by atoms with E-state index in [4.69, 9.17) is 0 Å². The highest BCUT2D eigenvalue weighted by atomic mass is 16.2. The first-order valence-corrected chi connectivity index (χ1v) is 6.78. The maximum Gasteiger partial charge on any atom is 0.245 e. The molecule has 1 aromatic rings. The number of carbonyl (C=O) groups excluding carboxylic acids is 2. The van der Waals surface area contributed by atoms with Crippen LogP contribution >= 0.6 is 0 Å². The Balaban J connectivity index is 2.19. The van der Waals surface area contributed by atoms with Crippen LogP contribution in [-0.2, 0) is 16.0 Å². The van der Waals surface area contributed by atoms with Gasteiger partial charge in [-0.1, -0.05) is 37.3 Å². The summed E-state index contributed by atoms with van der Waals surface area (Å²) in [5.74, 6) is -0.0354. The predicted molar refractivity (Wildman–Crippen MR) is 73.5 cm³/mol. The van der Waals surface area contributed by atoms with Crippen LogP contribution in [0.3, 0.4) is 0 Å². The molecule has 0 bridgehead atoms. The van der Waals surface area contributed by atoms with Crippen LogP contribution in [0.4, 0.5) is 0 Å². The summed E-state index contributed by atoms with van der Waals surface area (Å²) in [5.41, 5.74) is 1.08. The zero-order valence-electron chi connectivity index (χ0n) is 11.4. The van der Waals surface area contributed by atoms with Gasteiger partial charge in [-0.05, 0) is 18.9 Å². The Morgan fingerprint density at radius 3 is 2.53 bits per heavy atom. The minimum atomic E-state index is -0.411. The minimum absolute atomic E-state index is 0.0161. The summed E-state index contributed by atoms with van der Waals surface area (Å²) < 4.78 is 0. The van der Waals surface area contributed by atoms with Crippen molar-refractivity contribution in [2.45, 2.75) is 38.8 Å². The molecular formula is C15H20N2O2. The van der Waals surface area contributed by atoms with Gasteiger partial charge in [-0.15, -0.1) is 0 Å². The molecule has 19 heavy (non-hydrogen) atoms. The molecule has 1 heterocycles. The third-order valence-electron chi connectivity index (χ3n) is 3.43. The Morgan fingerprint density at radius 2 is 1.89 bits per heavy atom. The van der Waals surface area contributed by atoms with Crippen LogP contribution in [0.15, 0.2) is 30.3 Å². The van der Waals surface area contributed by atoms with Gasteiger partial charge in [-0.25, -0.2) is 0 Å². The summed E-state index contributed by atoms with van der Waals surface area (Å²) >= 11 is 0. The minimum Gasteiger partial charge on any atom is -0.343 e. The molecule has 1 N–H and O–H groups in total. The van der Waals surface area contributed by atoms with Gasteiger partial charge < -0.3 is 10.2 Å². The molecule has 1 saturated heterocycles. The molecule has 4 heteroatoms. The molecule has 1 aliphatic rings. The van der Waals surface area contributed by atoms with Gasteiger partial charge in [-0.2, -0.15) is 0 Å². The predicted octanol–water partition coefficient (Wildman–Crippen LogP) is 1.35. The normalized spacial score (nSPS) is 23.4. The quantitative estimate of drug-likeness (QED) is 0.888. The summed E-state index contributed by atoms with van der Waals surface area (Å²) in [4.78, 5) is 26.0. The van der Waals surface area contributed by atoms with Crippen LogP contribution in [0.1, 0.15) is 25.8 Å². The van der Waals surface area contributed by atoms with Crippen molar-refractivity contribution in [1.82, 2.24) is 10.2 Å². The van der Waals surface area contributed by atoms with E-state index >= 15 is 0 Å². The number of benzene rings is 1. The van der Waals surface area contributed by atoms with Gasteiger partial charge in [0.25, 0.3) is 0 Å². The van der Waals surface area contributed by atoms with Gasteiger partial charge in [-0.3, -0.25) is 9.59 Å². The Hall–Kier alpha value is -1.84. The zero-order chi connectivity index (χ0) is 13.8. The van der Waals surface area contributed by atoms with Crippen molar-refractivity contribution in [3.8, 4) is 0 Å². The Kier molecular flexibility index (Phi) is 4.20. The first-order chi connectivity index (χ1) is 9.13. The van der Waals surface area contributed by atoms with E-state index in [-0.39, 0.29) is 17.9 Å². The molecule has 0 saturated carbocycles. The second kappa shape index (κ2) is 5.87. The monoisotopic (exact) mass is 260 g/mol. The molecule has 0 radical (unpaired) electrons. The summed E-state index contributed by atoms with van der Waals surface area (Å²) in [5, 5.41) is 2.76. The third kappa shape index (κ3) is 2.95. The van der Waals surface area contributed by atoms with E-state index in [1.54, 1.807) is 11.8 Å². The first kappa shape index (κ1) is 13.6. The maximum atomic E-state index is 12.2. The fourth-order valence-corrected chi connectivity index (χ4v) is 2.46. The first-order valence-electron chi connectivity index (χ1n) is 6.78. The molecule has 1 aromatic carbocycles. The van der Waals surface area contributed by atoms with Gasteiger partial charge in [0.1, 0.15) is 12.1 Å². The topological polar surface area (TPSA) is 49.4 Å². The van der Waals surface area contributed by atoms with Gasteiger partial charge >= 0.3 is 0 Å². The molecule has 2 unspecified atom stereocenters. The summed E-state index contributed by atoms with van der Waals surface area (Å²) in [6.45, 7) is 4.39. The van der Waals surface area contributed by atoms with E-state index in [1.807, 2.05) is 37.3 Å². The lowest BCUT2D eigenvalue weighted by Gasteiger charge is -2.38. The lowest BCUT2D eigenvalue weighted by molar-refractivity contribution is -0.148. The number of piperazine rings is 1. The summed E-state index contributed by atoms with van der Waals surface area (Å²) in [6.07, 6.45) is 1.43. The Bertz CT molecular complexity index is 458. The molecule has 4 nitrogen and oxygen atoms in total. The van der Waals surface area contributed by atoms with Crippen LogP contribution in [-0.4, -0.2) is 35.3 Å².